The monoisotopic (exact) mass is 388 g/mol. The van der Waals surface area contributed by atoms with E-state index in [-0.39, 0.29) is 0 Å². The highest BCUT2D eigenvalue weighted by atomic mass is 32.2. The predicted octanol–water partition coefficient (Wildman–Crippen LogP) is 2.24. The summed E-state index contributed by atoms with van der Waals surface area (Å²) in [5.41, 5.74) is 0. The van der Waals surface area contributed by atoms with Crippen molar-refractivity contribution in [2.75, 3.05) is 40.0 Å². The van der Waals surface area contributed by atoms with E-state index >= 15 is 0 Å². The van der Waals surface area contributed by atoms with Crippen LogP contribution < -0.4 is 10.6 Å². The second kappa shape index (κ2) is 15.5. The van der Waals surface area contributed by atoms with Crippen LogP contribution in [0.1, 0.15) is 31.3 Å². The van der Waals surface area contributed by atoms with E-state index in [1.807, 2.05) is 26.2 Å². The van der Waals surface area contributed by atoms with Crippen molar-refractivity contribution < 1.29 is 14.4 Å². The summed E-state index contributed by atoms with van der Waals surface area (Å²) in [5, 5.41) is 24.1. The molecular formula is C17H32N4O4S. The maximum atomic E-state index is 10.3. The molecule has 0 saturated carbocycles. The topological polar surface area (TPSA) is 104 Å². The molecule has 0 aliphatic heterocycles. The number of rotatable bonds is 12. The highest BCUT2D eigenvalue weighted by Gasteiger charge is 2.04. The average Bonchev–Trinajstić information content (AvgIpc) is 3.01. The molecule has 1 rings (SSSR count). The van der Waals surface area contributed by atoms with Gasteiger partial charge in [-0.1, -0.05) is 13.3 Å². The lowest BCUT2D eigenvalue weighted by Gasteiger charge is -2.07. The fraction of sp³-hybridized carbons (Fsp3) is 0.647. The first-order valence-corrected chi connectivity index (χ1v) is 9.76. The summed E-state index contributed by atoms with van der Waals surface area (Å²) in [4.78, 5) is 11.9. The Balaban J connectivity index is 0.00000110. The van der Waals surface area contributed by atoms with Crippen molar-refractivity contribution >= 4 is 11.8 Å². The van der Waals surface area contributed by atoms with Crippen LogP contribution in [0.25, 0.3) is 0 Å². The van der Waals surface area contributed by atoms with Crippen LogP contribution in [0, 0.1) is 10.1 Å². The van der Waals surface area contributed by atoms with Crippen LogP contribution in [-0.4, -0.2) is 55.0 Å². The van der Waals surface area contributed by atoms with E-state index in [0.29, 0.717) is 19.0 Å². The number of hydrogen-bond acceptors (Lipinski definition) is 8. The van der Waals surface area contributed by atoms with Gasteiger partial charge in [-0.15, -0.1) is 0 Å². The van der Waals surface area contributed by atoms with Crippen LogP contribution in [0.5, 0.6) is 0 Å². The quantitative estimate of drug-likeness (QED) is 0.284. The van der Waals surface area contributed by atoms with Crippen molar-refractivity contribution in [1.29, 1.82) is 0 Å². The maximum absolute atomic E-state index is 10.3. The summed E-state index contributed by atoms with van der Waals surface area (Å²) in [7, 11) is 5.64. The van der Waals surface area contributed by atoms with Crippen LogP contribution in [0.2, 0.25) is 0 Å². The van der Waals surface area contributed by atoms with Crippen molar-refractivity contribution in [3.05, 3.63) is 45.8 Å². The number of nitro groups is 1. The smallest absolute Gasteiger partial charge is 0.274 e. The largest absolute Gasteiger partial charge is 0.464 e. The van der Waals surface area contributed by atoms with E-state index in [1.165, 1.54) is 0 Å². The van der Waals surface area contributed by atoms with Crippen molar-refractivity contribution in [3.63, 3.8) is 0 Å². The molecule has 1 aromatic heterocycles. The number of nitrogens with zero attached hydrogens (tertiary/aromatic N) is 2. The Kier molecular flexibility index (Phi) is 14.5. The normalized spacial score (nSPS) is 11.1. The van der Waals surface area contributed by atoms with E-state index in [0.717, 1.165) is 48.6 Å². The van der Waals surface area contributed by atoms with E-state index < -0.39 is 4.92 Å². The lowest BCUT2D eigenvalue weighted by atomic mass is 10.4. The zero-order valence-electron chi connectivity index (χ0n) is 16.2. The van der Waals surface area contributed by atoms with Gasteiger partial charge < -0.3 is 25.1 Å². The van der Waals surface area contributed by atoms with Gasteiger partial charge in [0.25, 0.3) is 6.20 Å². The molecule has 3 N–H and O–H groups in total. The van der Waals surface area contributed by atoms with Crippen LogP contribution in [0.3, 0.4) is 0 Å². The van der Waals surface area contributed by atoms with Crippen molar-refractivity contribution in [1.82, 2.24) is 15.5 Å². The van der Waals surface area contributed by atoms with Gasteiger partial charge in [0.1, 0.15) is 11.5 Å². The van der Waals surface area contributed by atoms with Crippen LogP contribution in [0.15, 0.2) is 28.6 Å². The Morgan fingerprint density at radius 3 is 2.62 bits per heavy atom. The second-order valence-electron chi connectivity index (χ2n) is 5.74. The summed E-state index contributed by atoms with van der Waals surface area (Å²) in [6.45, 7) is 3.84. The van der Waals surface area contributed by atoms with Gasteiger partial charge in [-0.05, 0) is 32.6 Å². The van der Waals surface area contributed by atoms with Gasteiger partial charge in [-0.3, -0.25) is 10.1 Å². The van der Waals surface area contributed by atoms with Gasteiger partial charge in [-0.2, -0.15) is 11.8 Å². The zero-order chi connectivity index (χ0) is 19.8. The number of unbranched alkanes of at least 4 members (excludes halogenated alkanes) is 1. The third kappa shape index (κ3) is 13.6. The molecule has 150 valence electrons. The minimum Gasteiger partial charge on any atom is -0.464 e. The SMILES string of the molecule is CCCCO.CN/C(=C\[N+](=O)[O-])NCCSCc1ccc(CN(C)C)o1. The molecule has 0 saturated heterocycles. The second-order valence-corrected chi connectivity index (χ2v) is 6.85. The highest BCUT2D eigenvalue weighted by molar-refractivity contribution is 7.98. The molecule has 0 aromatic carbocycles. The first-order chi connectivity index (χ1) is 12.4. The molecule has 0 aliphatic rings. The Labute approximate surface area is 160 Å². The van der Waals surface area contributed by atoms with E-state index in [4.69, 9.17) is 9.52 Å². The van der Waals surface area contributed by atoms with E-state index in [1.54, 1.807) is 18.8 Å². The Morgan fingerprint density at radius 1 is 1.42 bits per heavy atom. The average molecular weight is 389 g/mol. The van der Waals surface area contributed by atoms with E-state index in [2.05, 4.69) is 22.5 Å². The van der Waals surface area contributed by atoms with Gasteiger partial charge in [0.05, 0.1) is 17.2 Å². The number of thioether (sulfide) groups is 1. The van der Waals surface area contributed by atoms with Crippen LogP contribution in [-0.2, 0) is 12.3 Å². The van der Waals surface area contributed by atoms with Gasteiger partial charge >= 0.3 is 0 Å². The lowest BCUT2D eigenvalue weighted by molar-refractivity contribution is -0.404. The van der Waals surface area contributed by atoms with Gasteiger partial charge in [0.15, 0.2) is 5.82 Å². The molecular weight excluding hydrogens is 356 g/mol. The first kappa shape index (κ1) is 24.3. The fourth-order valence-corrected chi connectivity index (χ4v) is 2.54. The van der Waals surface area contributed by atoms with Crippen molar-refractivity contribution in [2.24, 2.45) is 0 Å². The van der Waals surface area contributed by atoms with E-state index in [9.17, 15) is 10.1 Å². The van der Waals surface area contributed by atoms with Gasteiger partial charge in [-0.25, -0.2) is 0 Å². The molecule has 0 atom stereocenters. The summed E-state index contributed by atoms with van der Waals surface area (Å²) in [6.07, 6.45) is 2.96. The fourth-order valence-electron chi connectivity index (χ4n) is 1.79. The summed E-state index contributed by atoms with van der Waals surface area (Å²) in [5.74, 6) is 3.95. The molecule has 9 heteroatoms. The number of furan rings is 1. The van der Waals surface area contributed by atoms with Crippen LogP contribution >= 0.6 is 11.8 Å². The molecule has 0 aliphatic carbocycles. The summed E-state index contributed by atoms with van der Waals surface area (Å²) < 4.78 is 5.70. The molecule has 0 unspecified atom stereocenters. The molecule has 1 aromatic rings. The minimum absolute atomic E-state index is 0.344. The molecule has 8 nitrogen and oxygen atoms in total. The molecule has 1 heterocycles. The predicted molar refractivity (Wildman–Crippen MR) is 106 cm³/mol. The molecule has 26 heavy (non-hydrogen) atoms. The Morgan fingerprint density at radius 2 is 2.12 bits per heavy atom. The van der Waals surface area contributed by atoms with Gasteiger partial charge in [0.2, 0.25) is 0 Å². The maximum Gasteiger partial charge on any atom is 0.274 e. The standard InChI is InChI=1S/C13H22N4O3S.C4H10O/c1-14-13(9-17(18)19)15-6-7-21-10-12-5-4-11(20-12)8-16(2)3;1-2-3-4-5/h4-5,9,14-15H,6-8,10H2,1-3H3;5H,2-4H2,1H3/b13-9+;. The number of hydrogen-bond donors (Lipinski definition) is 3. The Hall–Kier alpha value is -1.71. The zero-order valence-corrected chi connectivity index (χ0v) is 17.0. The highest BCUT2D eigenvalue weighted by Crippen LogP contribution is 2.15. The molecule has 0 amide bonds. The number of nitrogens with one attached hydrogen (secondary N) is 2. The Bertz CT molecular complexity index is 519. The lowest BCUT2D eigenvalue weighted by Crippen LogP contribution is -2.26. The molecule has 0 spiro atoms. The number of aliphatic hydroxyl groups excluding tert-OH is 1. The van der Waals surface area contributed by atoms with Gasteiger partial charge in [0, 0.05) is 26.0 Å². The minimum atomic E-state index is -0.485. The number of aliphatic hydroxyl groups is 1. The summed E-state index contributed by atoms with van der Waals surface area (Å²) in [6, 6.07) is 3.98. The molecule has 0 fully saturated rings. The van der Waals surface area contributed by atoms with Crippen molar-refractivity contribution in [2.45, 2.75) is 32.1 Å². The molecule has 0 radical (unpaired) electrons. The van der Waals surface area contributed by atoms with Crippen molar-refractivity contribution in [3.8, 4) is 0 Å². The third-order valence-electron chi connectivity index (χ3n) is 3.01. The first-order valence-electron chi connectivity index (χ1n) is 8.60. The summed E-state index contributed by atoms with van der Waals surface area (Å²) >= 11 is 1.72. The van der Waals surface area contributed by atoms with Crippen LogP contribution in [0.4, 0.5) is 0 Å². The molecule has 0 bridgehead atoms. The third-order valence-corrected chi connectivity index (χ3v) is 3.99.